The highest BCUT2D eigenvalue weighted by Gasteiger charge is 2.33. The highest BCUT2D eigenvalue weighted by atomic mass is 16.5. The predicted octanol–water partition coefficient (Wildman–Crippen LogP) is 4.60. The van der Waals surface area contributed by atoms with Gasteiger partial charge in [-0.05, 0) is 67.1 Å². The summed E-state index contributed by atoms with van der Waals surface area (Å²) in [5.74, 6) is 0.479. The molecule has 33 heavy (non-hydrogen) atoms. The summed E-state index contributed by atoms with van der Waals surface area (Å²) in [7, 11) is 4.81. The minimum absolute atomic E-state index is 0.0510. The summed E-state index contributed by atoms with van der Waals surface area (Å²) in [5.41, 5.74) is 5.14. The van der Waals surface area contributed by atoms with E-state index in [2.05, 4.69) is 10.2 Å². The number of carbonyl (C=O) groups excluding carboxylic acids is 2. The lowest BCUT2D eigenvalue weighted by Gasteiger charge is -2.40. The third-order valence-electron chi connectivity index (χ3n) is 5.91. The van der Waals surface area contributed by atoms with Crippen LogP contribution in [0.15, 0.2) is 66.7 Å². The van der Waals surface area contributed by atoms with Gasteiger partial charge in [-0.1, -0.05) is 12.1 Å². The largest absolute Gasteiger partial charge is 0.497 e. The molecule has 0 saturated heterocycles. The molecule has 1 atom stereocenters. The second kappa shape index (κ2) is 9.24. The van der Waals surface area contributed by atoms with Gasteiger partial charge in [0.2, 0.25) is 5.91 Å². The number of esters is 1. The van der Waals surface area contributed by atoms with Crippen LogP contribution < -0.4 is 19.9 Å². The molecule has 0 bridgehead atoms. The Labute approximate surface area is 193 Å². The van der Waals surface area contributed by atoms with Crippen LogP contribution in [0.4, 0.5) is 22.7 Å². The molecule has 170 valence electrons. The molecule has 1 aliphatic heterocycles. The first kappa shape index (κ1) is 22.2. The average Bonchev–Trinajstić information content (AvgIpc) is 2.85. The van der Waals surface area contributed by atoms with Crippen LogP contribution in [0.5, 0.6) is 5.75 Å². The van der Waals surface area contributed by atoms with Gasteiger partial charge in [0.15, 0.2) is 0 Å². The molecule has 0 spiro atoms. The Bertz CT molecular complexity index is 1160. The topological polar surface area (TPSA) is 71.1 Å². The molecule has 0 aliphatic carbocycles. The predicted molar refractivity (Wildman–Crippen MR) is 130 cm³/mol. The Balaban J connectivity index is 1.63. The molecule has 3 aromatic carbocycles. The molecule has 7 nitrogen and oxygen atoms in total. The van der Waals surface area contributed by atoms with Gasteiger partial charge in [0.05, 0.1) is 31.2 Å². The number of hydrogen-bond donors (Lipinski definition) is 1. The quantitative estimate of drug-likeness (QED) is 0.560. The zero-order valence-electron chi connectivity index (χ0n) is 19.2. The number of amides is 1. The fraction of sp³-hybridized carbons (Fsp3) is 0.231. The molecule has 1 amide bonds. The van der Waals surface area contributed by atoms with E-state index in [1.807, 2.05) is 61.5 Å². The number of rotatable bonds is 6. The van der Waals surface area contributed by atoms with Crippen LogP contribution in [-0.4, -0.2) is 39.2 Å². The number of methoxy groups -OCH3 is 2. The number of ether oxygens (including phenoxy) is 2. The molecule has 0 unspecified atom stereocenters. The van der Waals surface area contributed by atoms with Crippen molar-refractivity contribution in [1.29, 1.82) is 0 Å². The van der Waals surface area contributed by atoms with Crippen molar-refractivity contribution < 1.29 is 19.1 Å². The van der Waals surface area contributed by atoms with E-state index in [1.165, 1.54) is 7.11 Å². The van der Waals surface area contributed by atoms with Gasteiger partial charge in [-0.25, -0.2) is 4.79 Å². The third kappa shape index (κ3) is 4.48. The Morgan fingerprint density at radius 1 is 0.939 bits per heavy atom. The van der Waals surface area contributed by atoms with Crippen LogP contribution in [0.25, 0.3) is 0 Å². The number of anilines is 4. The van der Waals surface area contributed by atoms with Gasteiger partial charge in [-0.15, -0.1) is 0 Å². The fourth-order valence-corrected chi connectivity index (χ4v) is 3.98. The smallest absolute Gasteiger partial charge is 0.337 e. The normalized spacial score (nSPS) is 15.2. The second-order valence-electron chi connectivity index (χ2n) is 7.95. The first-order chi connectivity index (χ1) is 15.9. The lowest BCUT2D eigenvalue weighted by atomic mass is 10.0. The van der Waals surface area contributed by atoms with Crippen molar-refractivity contribution in [2.24, 2.45) is 0 Å². The van der Waals surface area contributed by atoms with Gasteiger partial charge in [0.25, 0.3) is 0 Å². The highest BCUT2D eigenvalue weighted by Crippen LogP contribution is 2.39. The molecular weight excluding hydrogens is 418 g/mol. The summed E-state index contributed by atoms with van der Waals surface area (Å²) in [6.07, 6.45) is 0. The van der Waals surface area contributed by atoms with E-state index >= 15 is 0 Å². The maximum atomic E-state index is 12.9. The van der Waals surface area contributed by atoms with Crippen molar-refractivity contribution in [3.8, 4) is 5.75 Å². The van der Waals surface area contributed by atoms with Crippen molar-refractivity contribution >= 4 is 34.6 Å². The molecule has 3 aromatic rings. The maximum Gasteiger partial charge on any atom is 0.337 e. The van der Waals surface area contributed by atoms with E-state index in [1.54, 1.807) is 31.2 Å². The van der Waals surface area contributed by atoms with Crippen molar-refractivity contribution in [2.75, 3.05) is 36.4 Å². The Kier molecular flexibility index (Phi) is 6.22. The SMILES string of the molecule is COC(=O)c1ccc(Nc2ccc3c(c2)N(Cc2ccc(OC)cc2)[C@H](C)C(=O)N3C)cc1. The minimum Gasteiger partial charge on any atom is -0.497 e. The maximum absolute atomic E-state index is 12.9. The van der Waals surface area contributed by atoms with Gasteiger partial charge in [-0.2, -0.15) is 0 Å². The van der Waals surface area contributed by atoms with Gasteiger partial charge < -0.3 is 24.6 Å². The average molecular weight is 446 g/mol. The van der Waals surface area contributed by atoms with E-state index in [9.17, 15) is 9.59 Å². The number of nitrogens with one attached hydrogen (secondary N) is 1. The summed E-state index contributed by atoms with van der Waals surface area (Å²) in [5, 5.41) is 3.38. The van der Waals surface area contributed by atoms with Crippen LogP contribution in [0.2, 0.25) is 0 Å². The van der Waals surface area contributed by atoms with Crippen LogP contribution in [0.3, 0.4) is 0 Å². The number of benzene rings is 3. The van der Waals surface area contributed by atoms with E-state index in [4.69, 9.17) is 9.47 Å². The summed E-state index contributed by atoms with van der Waals surface area (Å²) in [6, 6.07) is 20.6. The minimum atomic E-state index is -0.369. The Morgan fingerprint density at radius 2 is 1.61 bits per heavy atom. The summed E-state index contributed by atoms with van der Waals surface area (Å²) in [4.78, 5) is 28.4. The zero-order valence-corrected chi connectivity index (χ0v) is 19.2. The number of hydrogen-bond acceptors (Lipinski definition) is 6. The van der Waals surface area contributed by atoms with Gasteiger partial charge in [0.1, 0.15) is 11.8 Å². The van der Waals surface area contributed by atoms with E-state index in [-0.39, 0.29) is 17.9 Å². The van der Waals surface area contributed by atoms with Crippen molar-refractivity contribution in [2.45, 2.75) is 19.5 Å². The van der Waals surface area contributed by atoms with Crippen molar-refractivity contribution in [3.05, 3.63) is 77.9 Å². The molecular formula is C26H27N3O4. The van der Waals surface area contributed by atoms with E-state index < -0.39 is 0 Å². The van der Waals surface area contributed by atoms with E-state index in [0.29, 0.717) is 12.1 Å². The first-order valence-electron chi connectivity index (χ1n) is 10.7. The monoisotopic (exact) mass is 445 g/mol. The molecule has 1 aliphatic rings. The van der Waals surface area contributed by atoms with Gasteiger partial charge in [-0.3, -0.25) is 4.79 Å². The molecule has 1 N–H and O–H groups in total. The fourth-order valence-electron chi connectivity index (χ4n) is 3.98. The second-order valence-corrected chi connectivity index (χ2v) is 7.95. The molecule has 0 fully saturated rings. The summed E-state index contributed by atoms with van der Waals surface area (Å²) < 4.78 is 10.0. The lowest BCUT2D eigenvalue weighted by Crippen LogP contribution is -2.50. The third-order valence-corrected chi connectivity index (χ3v) is 5.91. The molecule has 0 saturated carbocycles. The standard InChI is InChI=1S/C26H27N3O4/c1-17-25(30)28(2)23-14-11-21(27-20-9-7-19(8-10-20)26(31)33-4)15-24(23)29(17)16-18-5-12-22(32-3)13-6-18/h5-15,17,27H,16H2,1-4H3/t17-/m1/s1. The number of carbonyl (C=O) groups is 2. The summed E-state index contributed by atoms with van der Waals surface area (Å²) in [6.45, 7) is 2.52. The van der Waals surface area contributed by atoms with E-state index in [0.717, 1.165) is 34.1 Å². The first-order valence-corrected chi connectivity index (χ1v) is 10.7. The molecule has 1 heterocycles. The van der Waals surface area contributed by atoms with Crippen LogP contribution in [-0.2, 0) is 16.1 Å². The lowest BCUT2D eigenvalue weighted by molar-refractivity contribution is -0.119. The Morgan fingerprint density at radius 3 is 2.24 bits per heavy atom. The number of likely N-dealkylation sites (N-methyl/N-ethyl adjacent to an activating group) is 1. The van der Waals surface area contributed by atoms with Crippen LogP contribution in [0.1, 0.15) is 22.8 Å². The zero-order chi connectivity index (χ0) is 23.5. The number of nitrogens with zero attached hydrogens (tertiary/aromatic N) is 2. The van der Waals surface area contributed by atoms with Crippen molar-refractivity contribution in [3.63, 3.8) is 0 Å². The number of fused-ring (bicyclic) bond motifs is 1. The van der Waals surface area contributed by atoms with Gasteiger partial charge in [0, 0.05) is 25.0 Å². The molecule has 4 rings (SSSR count). The van der Waals surface area contributed by atoms with Crippen molar-refractivity contribution in [1.82, 2.24) is 0 Å². The molecule has 0 aromatic heterocycles. The summed E-state index contributed by atoms with van der Waals surface area (Å²) >= 11 is 0. The van der Waals surface area contributed by atoms with Crippen LogP contribution in [0, 0.1) is 0 Å². The molecule has 0 radical (unpaired) electrons. The van der Waals surface area contributed by atoms with Gasteiger partial charge >= 0.3 is 5.97 Å². The Hall–Kier alpha value is -4.00. The van der Waals surface area contributed by atoms with Crippen LogP contribution >= 0.6 is 0 Å². The molecule has 7 heteroatoms. The highest BCUT2D eigenvalue weighted by molar-refractivity contribution is 6.05.